The van der Waals surface area contributed by atoms with Crippen molar-refractivity contribution in [3.63, 3.8) is 0 Å². The van der Waals surface area contributed by atoms with Gasteiger partial charge in [-0.25, -0.2) is 13.8 Å². The maximum atomic E-state index is 14.1. The van der Waals surface area contributed by atoms with Crippen LogP contribution < -0.4 is 15.5 Å². The van der Waals surface area contributed by atoms with Gasteiger partial charge in [0, 0.05) is 32.6 Å². The molecule has 180 valence electrons. The lowest BCUT2D eigenvalue weighted by Crippen LogP contribution is -2.32. The first-order chi connectivity index (χ1) is 16.3. The largest absolute Gasteiger partial charge is 0.362 e. The Bertz CT molecular complexity index is 1180. The van der Waals surface area contributed by atoms with E-state index in [0.717, 1.165) is 61.1 Å². The van der Waals surface area contributed by atoms with Gasteiger partial charge in [-0.2, -0.15) is 4.98 Å². The number of halogens is 3. The molecule has 0 unspecified atom stereocenters. The number of amides is 1. The standard InChI is InChI=1S/C25H28ClF2N5O/c1-33(2)23-17-5-3-4-6-20(17)31-25(32-23)30-14-16-9-7-15(8-10-16)13-29-24(34)18-11-12-19(27)21(26)22(18)28/h3-6,11-12,15-16H,7-10,13-14H2,1-2H3,(H,29,34)(H,30,31,32). The fourth-order valence-corrected chi connectivity index (χ4v) is 4.55. The summed E-state index contributed by atoms with van der Waals surface area (Å²) in [4.78, 5) is 23.6. The van der Waals surface area contributed by atoms with E-state index in [4.69, 9.17) is 11.6 Å². The highest BCUT2D eigenvalue weighted by Gasteiger charge is 2.23. The molecular formula is C25H28ClF2N5O. The Morgan fingerprint density at radius 1 is 1.03 bits per heavy atom. The Labute approximate surface area is 202 Å². The molecule has 4 rings (SSSR count). The lowest BCUT2D eigenvalue weighted by atomic mass is 9.82. The van der Waals surface area contributed by atoms with Crippen LogP contribution in [0.3, 0.4) is 0 Å². The van der Waals surface area contributed by atoms with Crippen molar-refractivity contribution in [1.82, 2.24) is 15.3 Å². The maximum absolute atomic E-state index is 14.1. The van der Waals surface area contributed by atoms with Crippen LogP contribution in [-0.2, 0) is 0 Å². The highest BCUT2D eigenvalue weighted by Crippen LogP contribution is 2.29. The van der Waals surface area contributed by atoms with Crippen molar-refractivity contribution < 1.29 is 13.6 Å². The molecule has 34 heavy (non-hydrogen) atoms. The molecule has 1 fully saturated rings. The number of hydrogen-bond donors (Lipinski definition) is 2. The van der Waals surface area contributed by atoms with Crippen LogP contribution in [0.2, 0.25) is 5.02 Å². The van der Waals surface area contributed by atoms with Gasteiger partial charge in [-0.05, 0) is 61.8 Å². The molecule has 9 heteroatoms. The minimum atomic E-state index is -1.03. The van der Waals surface area contributed by atoms with E-state index in [2.05, 4.69) is 20.6 Å². The van der Waals surface area contributed by atoms with Crippen molar-refractivity contribution in [2.24, 2.45) is 11.8 Å². The zero-order valence-corrected chi connectivity index (χ0v) is 20.0. The van der Waals surface area contributed by atoms with Crippen molar-refractivity contribution >= 4 is 40.2 Å². The minimum Gasteiger partial charge on any atom is -0.362 e. The second kappa shape index (κ2) is 10.5. The monoisotopic (exact) mass is 487 g/mol. The van der Waals surface area contributed by atoms with Crippen LogP contribution >= 0.6 is 11.6 Å². The van der Waals surface area contributed by atoms with Crippen molar-refractivity contribution in [3.05, 3.63) is 58.6 Å². The van der Waals surface area contributed by atoms with Crippen LogP contribution in [0.15, 0.2) is 36.4 Å². The molecule has 0 saturated heterocycles. The molecule has 1 amide bonds. The lowest BCUT2D eigenvalue weighted by molar-refractivity contribution is 0.0937. The predicted octanol–water partition coefficient (Wildman–Crippen LogP) is 5.28. The Morgan fingerprint density at radius 3 is 2.41 bits per heavy atom. The minimum absolute atomic E-state index is 0.239. The van der Waals surface area contributed by atoms with Crippen LogP contribution in [0.5, 0.6) is 0 Å². The number of anilines is 2. The number of nitrogens with zero attached hydrogens (tertiary/aromatic N) is 3. The number of carbonyl (C=O) groups is 1. The van der Waals surface area contributed by atoms with E-state index < -0.39 is 22.6 Å². The van der Waals surface area contributed by atoms with Crippen molar-refractivity contribution in [2.45, 2.75) is 25.7 Å². The first-order valence-corrected chi connectivity index (χ1v) is 11.8. The van der Waals surface area contributed by atoms with Crippen LogP contribution in [0.25, 0.3) is 10.9 Å². The number of carbonyl (C=O) groups excluding carboxylic acids is 1. The van der Waals surface area contributed by atoms with E-state index in [1.807, 2.05) is 43.3 Å². The number of nitrogens with one attached hydrogen (secondary N) is 2. The highest BCUT2D eigenvalue weighted by molar-refractivity contribution is 6.31. The summed E-state index contributed by atoms with van der Waals surface area (Å²) in [6.45, 7) is 1.23. The van der Waals surface area contributed by atoms with E-state index in [-0.39, 0.29) is 5.56 Å². The van der Waals surface area contributed by atoms with Crippen molar-refractivity contribution in [2.75, 3.05) is 37.4 Å². The molecule has 6 nitrogen and oxygen atoms in total. The smallest absolute Gasteiger partial charge is 0.254 e. The third-order valence-corrected chi connectivity index (χ3v) is 6.70. The Kier molecular flexibility index (Phi) is 7.46. The summed E-state index contributed by atoms with van der Waals surface area (Å²) in [7, 11) is 3.94. The molecule has 0 spiro atoms. The predicted molar refractivity (Wildman–Crippen MR) is 132 cm³/mol. The van der Waals surface area contributed by atoms with Crippen LogP contribution in [0, 0.1) is 23.5 Å². The normalized spacial score (nSPS) is 18.0. The summed E-state index contributed by atoms with van der Waals surface area (Å²) >= 11 is 5.57. The molecule has 1 aliphatic rings. The van der Waals surface area contributed by atoms with Gasteiger partial charge in [0.15, 0.2) is 5.82 Å². The third-order valence-electron chi connectivity index (χ3n) is 6.35. The number of aromatic nitrogens is 2. The van der Waals surface area contributed by atoms with Gasteiger partial charge in [0.1, 0.15) is 16.7 Å². The number of benzene rings is 2. The zero-order valence-electron chi connectivity index (χ0n) is 19.2. The molecule has 3 aromatic rings. The van der Waals surface area contributed by atoms with E-state index in [9.17, 15) is 13.6 Å². The van der Waals surface area contributed by atoms with E-state index >= 15 is 0 Å². The van der Waals surface area contributed by atoms with Crippen molar-refractivity contribution in [3.8, 4) is 0 Å². The second-order valence-corrected chi connectivity index (χ2v) is 9.36. The second-order valence-electron chi connectivity index (χ2n) is 8.98. The fourth-order valence-electron chi connectivity index (χ4n) is 4.39. The topological polar surface area (TPSA) is 70.2 Å². The summed E-state index contributed by atoms with van der Waals surface area (Å²) < 4.78 is 27.4. The summed E-state index contributed by atoms with van der Waals surface area (Å²) in [5.74, 6) is -0.178. The SMILES string of the molecule is CN(C)c1nc(NCC2CCC(CNC(=O)c3ccc(F)c(Cl)c3F)CC2)nc2ccccc12. The molecule has 1 heterocycles. The number of hydrogen-bond acceptors (Lipinski definition) is 5. The molecular weight excluding hydrogens is 460 g/mol. The van der Waals surface area contributed by atoms with Gasteiger partial charge in [0.25, 0.3) is 5.91 Å². The van der Waals surface area contributed by atoms with Crippen LogP contribution in [-0.4, -0.2) is 43.1 Å². The molecule has 1 aliphatic carbocycles. The Balaban J connectivity index is 1.27. The first kappa shape index (κ1) is 24.1. The summed E-state index contributed by atoms with van der Waals surface area (Å²) in [5, 5.41) is 6.52. The fraction of sp³-hybridized carbons (Fsp3) is 0.400. The van der Waals surface area contributed by atoms with Gasteiger partial charge < -0.3 is 15.5 Å². The first-order valence-electron chi connectivity index (χ1n) is 11.4. The average Bonchev–Trinajstić information content (AvgIpc) is 2.84. The zero-order chi connectivity index (χ0) is 24.2. The highest BCUT2D eigenvalue weighted by atomic mass is 35.5. The van der Waals surface area contributed by atoms with Crippen molar-refractivity contribution in [1.29, 1.82) is 0 Å². The maximum Gasteiger partial charge on any atom is 0.254 e. The quantitative estimate of drug-likeness (QED) is 0.444. The van der Waals surface area contributed by atoms with Gasteiger partial charge in [-0.1, -0.05) is 23.7 Å². The van der Waals surface area contributed by atoms with E-state index in [1.165, 1.54) is 0 Å². The van der Waals surface area contributed by atoms with Crippen LogP contribution in [0.1, 0.15) is 36.0 Å². The Hall–Kier alpha value is -3.00. The molecule has 0 atom stereocenters. The Morgan fingerprint density at radius 2 is 1.71 bits per heavy atom. The van der Waals surface area contributed by atoms with E-state index in [0.29, 0.717) is 24.3 Å². The van der Waals surface area contributed by atoms with Gasteiger partial charge in [-0.15, -0.1) is 0 Å². The molecule has 2 aromatic carbocycles. The summed E-state index contributed by atoms with van der Waals surface area (Å²) in [6.07, 6.45) is 3.94. The molecule has 0 bridgehead atoms. The van der Waals surface area contributed by atoms with Gasteiger partial charge in [0.05, 0.1) is 11.1 Å². The number of para-hydroxylation sites is 1. The summed E-state index contributed by atoms with van der Waals surface area (Å²) in [5.41, 5.74) is 0.666. The lowest BCUT2D eigenvalue weighted by Gasteiger charge is -2.29. The van der Waals surface area contributed by atoms with E-state index in [1.54, 1.807) is 0 Å². The molecule has 1 aromatic heterocycles. The molecule has 0 aliphatic heterocycles. The molecule has 0 radical (unpaired) electrons. The summed E-state index contributed by atoms with van der Waals surface area (Å²) in [6, 6.07) is 10.1. The average molecular weight is 488 g/mol. The number of fused-ring (bicyclic) bond motifs is 1. The van der Waals surface area contributed by atoms with Gasteiger partial charge in [0.2, 0.25) is 5.95 Å². The molecule has 1 saturated carbocycles. The third kappa shape index (κ3) is 5.38. The number of rotatable bonds is 7. The van der Waals surface area contributed by atoms with Crippen LogP contribution in [0.4, 0.5) is 20.5 Å². The van der Waals surface area contributed by atoms with Gasteiger partial charge in [-0.3, -0.25) is 4.79 Å². The van der Waals surface area contributed by atoms with Gasteiger partial charge >= 0.3 is 0 Å². The molecule has 2 N–H and O–H groups in total.